The lowest BCUT2D eigenvalue weighted by Crippen LogP contribution is -2.34. The maximum atomic E-state index is 14.1. The molecule has 0 amide bonds. The van der Waals surface area contributed by atoms with Gasteiger partial charge in [-0.3, -0.25) is 0 Å². The van der Waals surface area contributed by atoms with E-state index < -0.39 is 23.5 Å². The third kappa shape index (κ3) is 6.23. The first-order chi connectivity index (χ1) is 15.9. The second-order valence-electron chi connectivity index (χ2n) is 9.18. The standard InChI is InChI=1S/C21H25F6N7/c1-19(22)7-2-12(3-8-19)29-17-32-16(15-28-11-6-14(31-15)21(25,26)27)33-18(34-17)30-13-4-9-20(23,24)10-5-13/h6,11-13H,2-5,7-10H2,1H3,(H2,29,30,32,33,34). The first-order valence-corrected chi connectivity index (χ1v) is 11.2. The number of hydrogen-bond acceptors (Lipinski definition) is 7. The summed E-state index contributed by atoms with van der Waals surface area (Å²) in [5.41, 5.74) is -2.39. The zero-order valence-electron chi connectivity index (χ0n) is 18.5. The number of aromatic nitrogens is 5. The molecule has 2 aliphatic rings. The van der Waals surface area contributed by atoms with E-state index in [0.717, 1.165) is 12.3 Å². The molecule has 7 nitrogen and oxygen atoms in total. The molecule has 0 saturated heterocycles. The van der Waals surface area contributed by atoms with Crippen LogP contribution in [0.5, 0.6) is 0 Å². The van der Waals surface area contributed by atoms with Gasteiger partial charge in [0.15, 0.2) is 5.82 Å². The number of nitrogens with zero attached hydrogens (tertiary/aromatic N) is 5. The Labute approximate surface area is 192 Å². The minimum Gasteiger partial charge on any atom is -0.351 e. The van der Waals surface area contributed by atoms with Gasteiger partial charge in [0.25, 0.3) is 0 Å². The molecule has 2 aliphatic carbocycles. The molecule has 2 N–H and O–H groups in total. The average Bonchev–Trinajstić information content (AvgIpc) is 2.76. The fourth-order valence-corrected chi connectivity index (χ4v) is 4.14. The van der Waals surface area contributed by atoms with Crippen LogP contribution < -0.4 is 10.6 Å². The predicted octanol–water partition coefficient (Wildman–Crippen LogP) is 5.42. The molecule has 13 heteroatoms. The second kappa shape index (κ2) is 9.14. The topological polar surface area (TPSA) is 88.5 Å². The minimum absolute atomic E-state index is 0.0230. The van der Waals surface area contributed by atoms with Crippen molar-refractivity contribution in [3.63, 3.8) is 0 Å². The quantitative estimate of drug-likeness (QED) is 0.542. The Balaban J connectivity index is 1.60. The first kappa shape index (κ1) is 24.4. The van der Waals surface area contributed by atoms with Crippen molar-refractivity contribution in [2.45, 2.75) is 88.1 Å². The van der Waals surface area contributed by atoms with Crippen molar-refractivity contribution in [1.29, 1.82) is 0 Å². The molecule has 2 aromatic heterocycles. The van der Waals surface area contributed by atoms with Crippen LogP contribution in [-0.4, -0.2) is 48.6 Å². The monoisotopic (exact) mass is 489 g/mol. The van der Waals surface area contributed by atoms with Crippen LogP contribution in [-0.2, 0) is 6.18 Å². The third-order valence-electron chi connectivity index (χ3n) is 6.19. The van der Waals surface area contributed by atoms with E-state index in [1.165, 1.54) is 0 Å². The molecule has 0 radical (unpaired) electrons. The Hall–Kier alpha value is -2.73. The van der Waals surface area contributed by atoms with Gasteiger partial charge in [-0.15, -0.1) is 0 Å². The van der Waals surface area contributed by atoms with Crippen molar-refractivity contribution in [1.82, 2.24) is 24.9 Å². The molecule has 0 spiro atoms. The second-order valence-corrected chi connectivity index (χ2v) is 9.18. The van der Waals surface area contributed by atoms with Crippen molar-refractivity contribution in [2.24, 2.45) is 0 Å². The highest BCUT2D eigenvalue weighted by atomic mass is 19.4. The highest BCUT2D eigenvalue weighted by Gasteiger charge is 2.36. The molecule has 34 heavy (non-hydrogen) atoms. The lowest BCUT2D eigenvalue weighted by molar-refractivity contribution is -0.141. The Kier molecular flexibility index (Phi) is 6.56. The first-order valence-electron chi connectivity index (χ1n) is 11.2. The Morgan fingerprint density at radius 1 is 0.794 bits per heavy atom. The summed E-state index contributed by atoms with van der Waals surface area (Å²) in [6.07, 6.45) is -2.17. The zero-order chi connectivity index (χ0) is 24.6. The van der Waals surface area contributed by atoms with Crippen LogP contribution >= 0.6 is 0 Å². The molecule has 2 fully saturated rings. The van der Waals surface area contributed by atoms with Crippen molar-refractivity contribution < 1.29 is 26.3 Å². The maximum Gasteiger partial charge on any atom is 0.433 e. The van der Waals surface area contributed by atoms with Gasteiger partial charge in [-0.1, -0.05) is 0 Å². The summed E-state index contributed by atoms with van der Waals surface area (Å²) in [5.74, 6) is -3.17. The predicted molar refractivity (Wildman–Crippen MR) is 112 cm³/mol. The van der Waals surface area contributed by atoms with Gasteiger partial charge >= 0.3 is 6.18 Å². The molecule has 0 atom stereocenters. The fraction of sp³-hybridized carbons (Fsp3) is 0.667. The molecule has 0 aromatic carbocycles. The number of rotatable bonds is 5. The van der Waals surface area contributed by atoms with E-state index in [4.69, 9.17) is 0 Å². The van der Waals surface area contributed by atoms with Gasteiger partial charge < -0.3 is 10.6 Å². The Bertz CT molecular complexity index is 945. The summed E-state index contributed by atoms with van der Waals surface area (Å²) < 4.78 is 80.5. The maximum absolute atomic E-state index is 14.1. The average molecular weight is 489 g/mol. The van der Waals surface area contributed by atoms with Crippen LogP contribution in [0.3, 0.4) is 0 Å². The number of nitrogens with one attached hydrogen (secondary N) is 2. The van der Waals surface area contributed by atoms with Crippen molar-refractivity contribution in [2.75, 3.05) is 10.6 Å². The Morgan fingerprint density at radius 3 is 1.85 bits per heavy atom. The van der Waals surface area contributed by atoms with Gasteiger partial charge in [0.1, 0.15) is 11.4 Å². The molecule has 0 unspecified atom stereocenters. The minimum atomic E-state index is -4.68. The number of hydrogen-bond donors (Lipinski definition) is 2. The van der Waals surface area contributed by atoms with E-state index in [9.17, 15) is 26.3 Å². The van der Waals surface area contributed by atoms with Gasteiger partial charge in [0.2, 0.25) is 23.6 Å². The van der Waals surface area contributed by atoms with Gasteiger partial charge in [-0.2, -0.15) is 28.1 Å². The molecule has 186 valence electrons. The largest absolute Gasteiger partial charge is 0.433 e. The molecule has 2 aromatic rings. The molecular formula is C21H25F6N7. The molecule has 2 heterocycles. The van der Waals surface area contributed by atoms with E-state index in [1.807, 2.05) is 0 Å². The summed E-state index contributed by atoms with van der Waals surface area (Å²) in [4.78, 5) is 20.0. The lowest BCUT2D eigenvalue weighted by Gasteiger charge is -2.31. The van der Waals surface area contributed by atoms with Crippen LogP contribution in [0.15, 0.2) is 12.3 Å². The van der Waals surface area contributed by atoms with E-state index >= 15 is 0 Å². The molecule has 0 aliphatic heterocycles. The van der Waals surface area contributed by atoms with E-state index in [0.29, 0.717) is 25.7 Å². The number of anilines is 2. The number of halogens is 6. The van der Waals surface area contributed by atoms with Crippen LogP contribution in [0, 0.1) is 0 Å². The molecular weight excluding hydrogens is 464 g/mol. The molecule has 0 bridgehead atoms. The molecule has 4 rings (SSSR count). The van der Waals surface area contributed by atoms with Crippen molar-refractivity contribution in [3.8, 4) is 11.6 Å². The van der Waals surface area contributed by atoms with E-state index in [2.05, 4.69) is 35.6 Å². The lowest BCUT2D eigenvalue weighted by atomic mass is 9.85. The summed E-state index contributed by atoms with van der Waals surface area (Å²) in [6.45, 7) is 1.55. The normalized spacial score (nSPS) is 25.7. The summed E-state index contributed by atoms with van der Waals surface area (Å²) in [5, 5.41) is 6.09. The van der Waals surface area contributed by atoms with Crippen molar-refractivity contribution >= 4 is 11.9 Å². The Morgan fingerprint density at radius 2 is 1.32 bits per heavy atom. The summed E-state index contributed by atoms with van der Waals surface area (Å²) >= 11 is 0. The van der Waals surface area contributed by atoms with Crippen LogP contribution in [0.4, 0.5) is 38.2 Å². The third-order valence-corrected chi connectivity index (χ3v) is 6.19. The van der Waals surface area contributed by atoms with Gasteiger partial charge in [0, 0.05) is 31.1 Å². The van der Waals surface area contributed by atoms with Crippen LogP contribution in [0.2, 0.25) is 0 Å². The summed E-state index contributed by atoms with van der Waals surface area (Å²) in [6, 6.07) is 0.274. The van der Waals surface area contributed by atoms with Gasteiger partial charge in [-0.25, -0.2) is 23.1 Å². The molecule has 2 saturated carbocycles. The smallest absolute Gasteiger partial charge is 0.351 e. The zero-order valence-corrected chi connectivity index (χ0v) is 18.5. The summed E-state index contributed by atoms with van der Waals surface area (Å²) in [7, 11) is 0. The fourth-order valence-electron chi connectivity index (χ4n) is 4.14. The van der Waals surface area contributed by atoms with Gasteiger partial charge in [0.05, 0.1) is 0 Å². The van der Waals surface area contributed by atoms with E-state index in [-0.39, 0.29) is 61.3 Å². The van der Waals surface area contributed by atoms with Crippen LogP contribution in [0.25, 0.3) is 11.6 Å². The van der Waals surface area contributed by atoms with Crippen molar-refractivity contribution in [3.05, 3.63) is 18.0 Å². The highest BCUT2D eigenvalue weighted by molar-refractivity contribution is 5.50. The van der Waals surface area contributed by atoms with Crippen LogP contribution in [0.1, 0.15) is 64.0 Å². The highest BCUT2D eigenvalue weighted by Crippen LogP contribution is 2.35. The van der Waals surface area contributed by atoms with Gasteiger partial charge in [-0.05, 0) is 51.5 Å². The van der Waals surface area contributed by atoms with E-state index in [1.54, 1.807) is 6.92 Å². The number of alkyl halides is 6. The SMILES string of the molecule is CC1(F)CCC(Nc2nc(NC3CCC(F)(F)CC3)nc(-c3nccc(C(F)(F)F)n3)n2)CC1.